The maximum atomic E-state index is 13.0. The smallest absolute Gasteiger partial charge is 0.444 e. The van der Waals surface area contributed by atoms with Gasteiger partial charge in [-0.05, 0) is 76.3 Å². The highest BCUT2D eigenvalue weighted by molar-refractivity contribution is 6.32. The molecule has 50 heavy (non-hydrogen) atoms. The lowest BCUT2D eigenvalue weighted by molar-refractivity contribution is -0.274. The summed E-state index contributed by atoms with van der Waals surface area (Å²) in [5.41, 5.74) is 2.22. The van der Waals surface area contributed by atoms with Crippen molar-refractivity contribution in [1.82, 2.24) is 35.2 Å². The number of nitrogens with zero attached hydrogens (tertiary/aromatic N) is 5. The first-order chi connectivity index (χ1) is 23.8. The van der Waals surface area contributed by atoms with Gasteiger partial charge in [-0.2, -0.15) is 5.10 Å². The van der Waals surface area contributed by atoms with Crippen LogP contribution < -0.4 is 15.4 Å². The molecule has 4 aromatic rings. The lowest BCUT2D eigenvalue weighted by atomic mass is 10.1. The maximum absolute atomic E-state index is 13.0. The first-order valence-electron chi connectivity index (χ1n) is 16.3. The molecule has 1 fully saturated rings. The minimum absolute atomic E-state index is 0.00146. The van der Waals surface area contributed by atoms with Crippen LogP contribution in [0.25, 0.3) is 22.3 Å². The number of H-pyrrole nitrogens is 1. The highest BCUT2D eigenvalue weighted by atomic mass is 35.5. The summed E-state index contributed by atoms with van der Waals surface area (Å²) in [5, 5.41) is 19.7. The van der Waals surface area contributed by atoms with Crippen LogP contribution in [-0.4, -0.2) is 80.1 Å². The number of carbonyl (C=O) groups is 2. The van der Waals surface area contributed by atoms with Crippen LogP contribution in [0.3, 0.4) is 0 Å². The number of carbonyl (C=O) groups excluding carboxylic acids is 2. The molecule has 1 aliphatic heterocycles. The van der Waals surface area contributed by atoms with Gasteiger partial charge in [0.15, 0.2) is 12.1 Å². The molecule has 270 valence electrons. The third kappa shape index (κ3) is 10.2. The first-order valence-corrected chi connectivity index (χ1v) is 16.7. The van der Waals surface area contributed by atoms with Crippen molar-refractivity contribution in [1.29, 1.82) is 0 Å². The van der Waals surface area contributed by atoms with Crippen LogP contribution in [0, 0.1) is 0 Å². The third-order valence-electron chi connectivity index (χ3n) is 7.68. The van der Waals surface area contributed by atoms with Crippen LogP contribution in [0.2, 0.25) is 5.02 Å². The number of anilines is 1. The number of nitrogens with one attached hydrogen (secondary N) is 3. The molecule has 1 unspecified atom stereocenters. The molecule has 0 saturated carbocycles. The molecule has 13 nitrogen and oxygen atoms in total. The number of amides is 2. The van der Waals surface area contributed by atoms with Crippen LogP contribution >= 0.6 is 11.6 Å². The average Bonchev–Trinajstić information content (AvgIpc) is 3.74. The molecule has 2 amide bonds. The monoisotopic (exact) mass is 720 g/mol. The van der Waals surface area contributed by atoms with E-state index in [4.69, 9.17) is 21.1 Å². The second-order valence-electron chi connectivity index (χ2n) is 12.8. The summed E-state index contributed by atoms with van der Waals surface area (Å²) >= 11 is 6.00. The molecular weight excluding hydrogens is 681 g/mol. The third-order valence-corrected chi connectivity index (χ3v) is 7.98. The van der Waals surface area contributed by atoms with Gasteiger partial charge >= 0.3 is 12.5 Å². The Morgan fingerprint density at radius 3 is 2.66 bits per heavy atom. The molecule has 17 heteroatoms. The van der Waals surface area contributed by atoms with Gasteiger partial charge in [0, 0.05) is 55.8 Å². The molecule has 3 heterocycles. The molecule has 1 aliphatic rings. The van der Waals surface area contributed by atoms with Crippen molar-refractivity contribution in [2.75, 3.05) is 31.6 Å². The van der Waals surface area contributed by atoms with E-state index in [-0.39, 0.29) is 36.7 Å². The zero-order valence-corrected chi connectivity index (χ0v) is 28.7. The highest BCUT2D eigenvalue weighted by Crippen LogP contribution is 2.34. The second-order valence-corrected chi connectivity index (χ2v) is 13.2. The van der Waals surface area contributed by atoms with Gasteiger partial charge in [-0.15, -0.1) is 23.4 Å². The van der Waals surface area contributed by atoms with Crippen LogP contribution in [0.5, 0.6) is 5.75 Å². The molecule has 5 rings (SSSR count). The fraction of sp³-hybridized carbons (Fsp3) is 0.485. The molecule has 0 radical (unpaired) electrons. The van der Waals surface area contributed by atoms with Gasteiger partial charge < -0.3 is 34.7 Å². The lowest BCUT2D eigenvalue weighted by Gasteiger charge is -2.27. The van der Waals surface area contributed by atoms with Crippen LogP contribution in [-0.2, 0) is 20.8 Å². The molecule has 2 aromatic heterocycles. The normalized spacial score (nSPS) is 15.1. The average molecular weight is 721 g/mol. The molecule has 3 N–H and O–H groups in total. The van der Waals surface area contributed by atoms with E-state index >= 15 is 0 Å². The molecule has 0 bridgehead atoms. The van der Waals surface area contributed by atoms with Gasteiger partial charge in [0.2, 0.25) is 5.91 Å². The number of aromatic amines is 1. The number of alkyl halides is 3. The number of fused-ring (bicyclic) bond motifs is 1. The van der Waals surface area contributed by atoms with Crippen molar-refractivity contribution in [3.63, 3.8) is 0 Å². The minimum Gasteiger partial charge on any atom is -0.444 e. The molecule has 2 aromatic carbocycles. The molecule has 1 saturated heterocycles. The van der Waals surface area contributed by atoms with Gasteiger partial charge in [-0.1, -0.05) is 17.7 Å². The van der Waals surface area contributed by atoms with Crippen LogP contribution in [0.4, 0.5) is 23.7 Å². The van der Waals surface area contributed by atoms with E-state index in [9.17, 15) is 22.8 Å². The van der Waals surface area contributed by atoms with E-state index in [2.05, 4.69) is 35.7 Å². The number of benzene rings is 2. The molecular formula is C33H40ClF3N8O5. The Balaban J connectivity index is 1.16. The minimum atomic E-state index is -4.90. The van der Waals surface area contributed by atoms with Crippen molar-refractivity contribution in [3.8, 4) is 17.1 Å². The van der Waals surface area contributed by atoms with Crippen molar-refractivity contribution < 1.29 is 37.0 Å². The predicted molar refractivity (Wildman–Crippen MR) is 179 cm³/mol. The van der Waals surface area contributed by atoms with E-state index in [1.54, 1.807) is 20.8 Å². The summed E-state index contributed by atoms with van der Waals surface area (Å²) in [6, 6.07) is 7.70. The van der Waals surface area contributed by atoms with Gasteiger partial charge in [0.25, 0.3) is 0 Å². The van der Waals surface area contributed by atoms with E-state index in [1.807, 2.05) is 23.0 Å². The van der Waals surface area contributed by atoms with E-state index in [0.717, 1.165) is 47.5 Å². The van der Waals surface area contributed by atoms with E-state index in [1.165, 1.54) is 23.4 Å². The number of halogens is 4. The number of rotatable bonds is 13. The molecule has 1 atom stereocenters. The number of ether oxygens (including phenoxy) is 3. The van der Waals surface area contributed by atoms with Gasteiger partial charge in [-0.25, -0.2) is 9.48 Å². The van der Waals surface area contributed by atoms with Gasteiger partial charge in [-0.3, -0.25) is 4.79 Å². The van der Waals surface area contributed by atoms with Crippen molar-refractivity contribution >= 4 is 40.2 Å². The fourth-order valence-corrected chi connectivity index (χ4v) is 5.66. The van der Waals surface area contributed by atoms with Gasteiger partial charge in [0.1, 0.15) is 17.7 Å². The Labute approximate surface area is 291 Å². The number of hydrogen-bond donors (Lipinski definition) is 3. The zero-order valence-electron chi connectivity index (χ0n) is 28.0. The zero-order chi connectivity index (χ0) is 35.9. The number of hydrogen-bond acceptors (Lipinski definition) is 9. The Morgan fingerprint density at radius 2 is 1.98 bits per heavy atom. The van der Waals surface area contributed by atoms with E-state index in [0.29, 0.717) is 37.5 Å². The van der Waals surface area contributed by atoms with Crippen molar-refractivity contribution in [2.45, 2.75) is 77.6 Å². The topological polar surface area (TPSA) is 149 Å². The lowest BCUT2D eigenvalue weighted by Crippen LogP contribution is -2.39. The van der Waals surface area contributed by atoms with Crippen LogP contribution in [0.15, 0.2) is 42.9 Å². The Kier molecular flexibility index (Phi) is 11.7. The van der Waals surface area contributed by atoms with Gasteiger partial charge in [0.05, 0.1) is 16.7 Å². The van der Waals surface area contributed by atoms with Crippen LogP contribution in [0.1, 0.15) is 64.7 Å². The SMILES string of the molecule is CC(C)(C)OC(=O)N(CCC(=O)NCCCNc1cc(-c2nnc[nH]2)cc2c1cnn2C1CCCCO1)Cc1ccc(OC(F)(F)F)c(Cl)c1. The highest BCUT2D eigenvalue weighted by Gasteiger charge is 2.32. The Bertz CT molecular complexity index is 1750. The molecule has 0 spiro atoms. The van der Waals surface area contributed by atoms with Crippen molar-refractivity contribution in [2.24, 2.45) is 0 Å². The summed E-state index contributed by atoms with van der Waals surface area (Å²) in [7, 11) is 0. The Hall–Kier alpha value is -4.57. The Morgan fingerprint density at radius 1 is 1.16 bits per heavy atom. The van der Waals surface area contributed by atoms with E-state index < -0.39 is 23.8 Å². The van der Waals surface area contributed by atoms with Crippen molar-refractivity contribution in [3.05, 3.63) is 53.4 Å². The second kappa shape index (κ2) is 16.0. The standard InChI is InChI=1S/C33H40ClF3N8O5/c1-32(2,3)50-31(47)44(19-21-8-9-27(24(34)15-21)49-33(35,36)37)13-10-28(46)39-12-6-11-38-25-16-22(30-40-20-41-43-30)17-26-23(25)18-42-45(26)29-7-4-5-14-48-29/h8-9,15-18,20,29,38H,4-7,10-14,19H2,1-3H3,(H,39,46)(H,40,41,43). The summed E-state index contributed by atoms with van der Waals surface area (Å²) in [6.45, 7) is 6.66. The number of aromatic nitrogens is 5. The molecule has 0 aliphatic carbocycles. The first kappa shape index (κ1) is 36.7. The largest absolute Gasteiger partial charge is 0.573 e. The summed E-state index contributed by atoms with van der Waals surface area (Å²) in [5.74, 6) is -0.221. The summed E-state index contributed by atoms with van der Waals surface area (Å²) < 4.78 is 55.3. The fourth-order valence-electron chi connectivity index (χ4n) is 5.42. The quantitative estimate of drug-likeness (QED) is 0.127. The predicted octanol–water partition coefficient (Wildman–Crippen LogP) is 6.82. The summed E-state index contributed by atoms with van der Waals surface area (Å²) in [4.78, 5) is 30.1. The summed E-state index contributed by atoms with van der Waals surface area (Å²) in [6.07, 6.45) is 1.15. The maximum Gasteiger partial charge on any atom is 0.573 e.